The number of anilines is 1. The summed E-state index contributed by atoms with van der Waals surface area (Å²) in [6.07, 6.45) is 3.90. The molecule has 0 fully saturated rings. The Kier molecular flexibility index (Phi) is 4.90. The first-order valence-corrected chi connectivity index (χ1v) is 7.34. The zero-order valence-electron chi connectivity index (χ0n) is 13.1. The molecule has 2 rings (SSSR count). The molecular weight excluding hydrogens is 266 g/mol. The summed E-state index contributed by atoms with van der Waals surface area (Å²) in [6, 6.07) is 2.55. The second kappa shape index (κ2) is 6.67. The number of pyridine rings is 1. The highest BCUT2D eigenvalue weighted by atomic mass is 16.1. The van der Waals surface area contributed by atoms with Crippen molar-refractivity contribution in [1.82, 2.24) is 20.1 Å². The highest BCUT2D eigenvalue weighted by molar-refractivity contribution is 5.92. The summed E-state index contributed by atoms with van der Waals surface area (Å²) in [4.78, 5) is 16.2. The number of carbonyl (C=O) groups is 1. The summed E-state index contributed by atoms with van der Waals surface area (Å²) in [5.41, 5.74) is 1.55. The number of hydrogen-bond donors (Lipinski definition) is 2. The third kappa shape index (κ3) is 4.01. The van der Waals surface area contributed by atoms with E-state index in [1.807, 2.05) is 10.7 Å². The molecule has 6 heteroatoms. The molecule has 0 saturated carbocycles. The fourth-order valence-corrected chi connectivity index (χ4v) is 2.08. The fourth-order valence-electron chi connectivity index (χ4n) is 2.08. The summed E-state index contributed by atoms with van der Waals surface area (Å²) >= 11 is 0. The molecule has 2 heterocycles. The first kappa shape index (κ1) is 15.4. The van der Waals surface area contributed by atoms with Crippen molar-refractivity contribution in [2.24, 2.45) is 0 Å². The van der Waals surface area contributed by atoms with E-state index in [1.54, 1.807) is 12.4 Å². The highest BCUT2D eigenvalue weighted by Gasteiger charge is 2.09. The maximum absolute atomic E-state index is 11.8. The number of nitrogens with one attached hydrogen (secondary N) is 2. The molecular formula is C15H23N5O. The van der Waals surface area contributed by atoms with Crippen LogP contribution in [0.1, 0.15) is 40.2 Å². The largest absolute Gasteiger partial charge is 0.325 e. The van der Waals surface area contributed by atoms with Crippen LogP contribution in [-0.4, -0.2) is 33.3 Å². The minimum Gasteiger partial charge on any atom is -0.325 e. The number of nitrogens with zero attached hydrogens (tertiary/aromatic N) is 3. The van der Waals surface area contributed by atoms with Crippen LogP contribution in [0.4, 0.5) is 5.69 Å². The number of aromatic nitrogens is 3. The summed E-state index contributed by atoms with van der Waals surface area (Å²) in [5, 5.41) is 11.3. The molecule has 0 atom stereocenters. The number of carbonyl (C=O) groups excluding carboxylic acids is 1. The minimum absolute atomic E-state index is 0.0134. The summed E-state index contributed by atoms with van der Waals surface area (Å²) in [5.74, 6) is -0.0134. The molecule has 0 aliphatic carbocycles. The first-order chi connectivity index (χ1) is 9.97. The van der Waals surface area contributed by atoms with Crippen LogP contribution in [0.25, 0.3) is 11.0 Å². The summed E-state index contributed by atoms with van der Waals surface area (Å²) < 4.78 is 1.87. The Morgan fingerprint density at radius 3 is 2.71 bits per heavy atom. The molecule has 21 heavy (non-hydrogen) atoms. The number of fused-ring (bicyclic) bond motifs is 1. The van der Waals surface area contributed by atoms with Crippen LogP contribution in [0.2, 0.25) is 0 Å². The summed E-state index contributed by atoms with van der Waals surface area (Å²) in [7, 11) is 0. The second-order valence-electron chi connectivity index (χ2n) is 5.73. The molecule has 0 saturated heterocycles. The monoisotopic (exact) mass is 289 g/mol. The Bertz CT molecular complexity index is 618. The zero-order valence-corrected chi connectivity index (χ0v) is 13.1. The topological polar surface area (TPSA) is 71.8 Å². The van der Waals surface area contributed by atoms with E-state index in [-0.39, 0.29) is 11.9 Å². The van der Waals surface area contributed by atoms with E-state index < -0.39 is 0 Å². The first-order valence-electron chi connectivity index (χ1n) is 7.34. The average Bonchev–Trinajstić information content (AvgIpc) is 2.81. The van der Waals surface area contributed by atoms with Crippen molar-refractivity contribution < 1.29 is 4.79 Å². The van der Waals surface area contributed by atoms with Crippen LogP contribution in [-0.2, 0) is 4.79 Å². The third-order valence-corrected chi connectivity index (χ3v) is 3.11. The normalized spacial score (nSPS) is 11.5. The molecule has 0 aliphatic rings. The standard InChI is InChI=1S/C15H23N5O/c1-10(2)16-6-5-14(21)19-13-7-12-8-18-20(11(3)4)15(12)17-9-13/h7-11,16H,5-6H2,1-4H3,(H,19,21). The molecule has 0 aliphatic heterocycles. The summed E-state index contributed by atoms with van der Waals surface area (Å²) in [6.45, 7) is 8.91. The van der Waals surface area contributed by atoms with Crippen molar-refractivity contribution in [2.45, 2.75) is 46.2 Å². The SMILES string of the molecule is CC(C)NCCC(=O)Nc1cnc2c(cnn2C(C)C)c1. The van der Waals surface area contributed by atoms with E-state index in [9.17, 15) is 4.79 Å². The smallest absolute Gasteiger partial charge is 0.225 e. The van der Waals surface area contributed by atoms with Crippen LogP contribution >= 0.6 is 0 Å². The van der Waals surface area contributed by atoms with Gasteiger partial charge in [-0.3, -0.25) is 4.79 Å². The van der Waals surface area contributed by atoms with E-state index in [0.717, 1.165) is 11.0 Å². The molecule has 1 amide bonds. The zero-order chi connectivity index (χ0) is 15.4. The van der Waals surface area contributed by atoms with Gasteiger partial charge in [0.25, 0.3) is 0 Å². The van der Waals surface area contributed by atoms with Gasteiger partial charge in [-0.2, -0.15) is 5.10 Å². The van der Waals surface area contributed by atoms with Crippen molar-refractivity contribution >= 4 is 22.6 Å². The Morgan fingerprint density at radius 1 is 1.29 bits per heavy atom. The lowest BCUT2D eigenvalue weighted by atomic mass is 10.3. The lowest BCUT2D eigenvalue weighted by Gasteiger charge is -2.09. The van der Waals surface area contributed by atoms with E-state index in [0.29, 0.717) is 24.7 Å². The van der Waals surface area contributed by atoms with Crippen molar-refractivity contribution in [3.63, 3.8) is 0 Å². The predicted molar refractivity (Wildman–Crippen MR) is 84.3 cm³/mol. The molecule has 114 valence electrons. The Labute approximate surface area is 124 Å². The molecule has 6 nitrogen and oxygen atoms in total. The van der Waals surface area contributed by atoms with Gasteiger partial charge < -0.3 is 10.6 Å². The molecule has 0 unspecified atom stereocenters. The maximum atomic E-state index is 11.8. The lowest BCUT2D eigenvalue weighted by molar-refractivity contribution is -0.116. The number of hydrogen-bond acceptors (Lipinski definition) is 4. The quantitative estimate of drug-likeness (QED) is 0.856. The van der Waals surface area contributed by atoms with Gasteiger partial charge in [0.2, 0.25) is 5.91 Å². The van der Waals surface area contributed by atoms with Gasteiger partial charge in [-0.05, 0) is 19.9 Å². The Balaban J connectivity index is 2.01. The van der Waals surface area contributed by atoms with Gasteiger partial charge in [0.05, 0.1) is 18.1 Å². The van der Waals surface area contributed by atoms with Crippen molar-refractivity contribution in [1.29, 1.82) is 0 Å². The predicted octanol–water partition coefficient (Wildman–Crippen LogP) is 2.34. The Hall–Kier alpha value is -1.95. The van der Waals surface area contributed by atoms with Crippen LogP contribution in [0.5, 0.6) is 0 Å². The second-order valence-corrected chi connectivity index (χ2v) is 5.73. The third-order valence-electron chi connectivity index (χ3n) is 3.11. The van der Waals surface area contributed by atoms with E-state index in [1.165, 1.54) is 0 Å². The maximum Gasteiger partial charge on any atom is 0.225 e. The average molecular weight is 289 g/mol. The molecule has 0 radical (unpaired) electrons. The molecule has 2 aromatic rings. The molecule has 0 bridgehead atoms. The molecule has 0 spiro atoms. The van der Waals surface area contributed by atoms with Gasteiger partial charge in [-0.25, -0.2) is 9.67 Å². The molecule has 0 aromatic carbocycles. The van der Waals surface area contributed by atoms with Crippen molar-refractivity contribution in [2.75, 3.05) is 11.9 Å². The number of amides is 1. The fraction of sp³-hybridized carbons (Fsp3) is 0.533. The van der Waals surface area contributed by atoms with Gasteiger partial charge in [-0.15, -0.1) is 0 Å². The lowest BCUT2D eigenvalue weighted by Crippen LogP contribution is -2.27. The number of rotatable bonds is 6. The van der Waals surface area contributed by atoms with Crippen molar-refractivity contribution in [3.05, 3.63) is 18.5 Å². The van der Waals surface area contributed by atoms with Gasteiger partial charge in [-0.1, -0.05) is 13.8 Å². The molecule has 2 aromatic heterocycles. The Morgan fingerprint density at radius 2 is 2.05 bits per heavy atom. The van der Waals surface area contributed by atoms with Crippen LogP contribution in [0, 0.1) is 0 Å². The van der Waals surface area contributed by atoms with Crippen molar-refractivity contribution in [3.8, 4) is 0 Å². The van der Waals surface area contributed by atoms with E-state index in [4.69, 9.17) is 0 Å². The van der Waals surface area contributed by atoms with Gasteiger partial charge >= 0.3 is 0 Å². The van der Waals surface area contributed by atoms with E-state index >= 15 is 0 Å². The molecule has 2 N–H and O–H groups in total. The van der Waals surface area contributed by atoms with Gasteiger partial charge in [0.1, 0.15) is 0 Å². The van der Waals surface area contributed by atoms with Gasteiger partial charge in [0.15, 0.2) is 5.65 Å². The highest BCUT2D eigenvalue weighted by Crippen LogP contribution is 2.19. The van der Waals surface area contributed by atoms with E-state index in [2.05, 4.69) is 48.4 Å². The van der Waals surface area contributed by atoms with Crippen LogP contribution < -0.4 is 10.6 Å². The minimum atomic E-state index is -0.0134. The van der Waals surface area contributed by atoms with Crippen LogP contribution in [0.15, 0.2) is 18.5 Å². The van der Waals surface area contributed by atoms with Gasteiger partial charge in [0, 0.05) is 30.4 Å². The van der Waals surface area contributed by atoms with Crippen LogP contribution in [0.3, 0.4) is 0 Å².